The maximum atomic E-state index is 14.3. The zero-order chi connectivity index (χ0) is 29.0. The number of aliphatic hydroxyl groups is 1. The number of alkyl halides is 3. The normalized spacial score (nSPS) is 22.2. The molecule has 0 amide bonds. The van der Waals surface area contributed by atoms with E-state index in [1.165, 1.54) is 23.3 Å². The Bertz CT molecular complexity index is 1410. The van der Waals surface area contributed by atoms with Crippen LogP contribution in [0.5, 0.6) is 5.75 Å². The molecule has 5 rings (SSSR count). The number of fused-ring (bicyclic) bond motifs is 2. The summed E-state index contributed by atoms with van der Waals surface area (Å²) in [7, 11) is -3.26. The molecule has 3 aromatic rings. The molecule has 220 valence electrons. The molecule has 4 unspecified atom stereocenters. The molecular formula is C31H36F3N3O3S. The number of hydrogen-bond donors (Lipinski definition) is 2. The maximum Gasteiger partial charge on any atom is 0.573 e. The zero-order valence-electron chi connectivity index (χ0n) is 23.0. The van der Waals surface area contributed by atoms with Crippen molar-refractivity contribution in [2.75, 3.05) is 11.4 Å². The van der Waals surface area contributed by atoms with Crippen molar-refractivity contribution >= 4 is 21.3 Å². The number of halogens is 3. The van der Waals surface area contributed by atoms with Gasteiger partial charge in [-0.05, 0) is 86.1 Å². The average molecular weight is 588 g/mol. The Morgan fingerprint density at radius 1 is 0.976 bits per heavy atom. The van der Waals surface area contributed by atoms with Gasteiger partial charge in [0.1, 0.15) is 15.7 Å². The highest BCUT2D eigenvalue weighted by molar-refractivity contribution is 7.91. The van der Waals surface area contributed by atoms with Gasteiger partial charge in [-0.1, -0.05) is 49.7 Å². The molecule has 2 aliphatic rings. The van der Waals surface area contributed by atoms with Crippen molar-refractivity contribution in [3.8, 4) is 5.75 Å². The largest absolute Gasteiger partial charge is 0.573 e. The standard InChI is InChI=1S/C31H36F3N3O3S/c1-2-3-21-35-41(39,25-19-17-24(18-20-25)40-31(32,33)34)36-26-11-8-14-29(30(26)38)37-27-12-6-4-9-22(27)15-16-23-10-5-7-13-28(23)37/h4-7,9-10,12-13,17-20,26,29-30,38H,2-3,8,11,14-16,21H2,1H3,(H,35,36,39). The first kappa shape index (κ1) is 29.4. The molecule has 0 saturated heterocycles. The van der Waals surface area contributed by atoms with Gasteiger partial charge in [0.05, 0.1) is 17.0 Å². The van der Waals surface area contributed by atoms with Crippen molar-refractivity contribution in [2.45, 2.75) is 81.3 Å². The molecule has 0 radical (unpaired) electrons. The van der Waals surface area contributed by atoms with Crippen LogP contribution in [0.2, 0.25) is 0 Å². The maximum absolute atomic E-state index is 14.3. The molecule has 0 spiro atoms. The summed E-state index contributed by atoms with van der Waals surface area (Å²) in [6.45, 7) is 2.32. The van der Waals surface area contributed by atoms with Crippen LogP contribution in [0.4, 0.5) is 24.5 Å². The van der Waals surface area contributed by atoms with Crippen LogP contribution in [0.3, 0.4) is 0 Å². The van der Waals surface area contributed by atoms with Crippen LogP contribution < -0.4 is 14.4 Å². The Labute approximate surface area is 239 Å². The van der Waals surface area contributed by atoms with E-state index in [9.17, 15) is 22.5 Å². The second-order valence-electron chi connectivity index (χ2n) is 10.6. The van der Waals surface area contributed by atoms with E-state index in [2.05, 4.69) is 43.0 Å². The summed E-state index contributed by atoms with van der Waals surface area (Å²) in [5, 5.41) is 11.9. The van der Waals surface area contributed by atoms with Crippen LogP contribution in [-0.4, -0.2) is 40.4 Å². The number of nitrogens with one attached hydrogen (secondary N) is 1. The van der Waals surface area contributed by atoms with Crippen LogP contribution in [0.15, 0.2) is 82.1 Å². The molecule has 2 N–H and O–H groups in total. The van der Waals surface area contributed by atoms with Crippen molar-refractivity contribution in [3.63, 3.8) is 0 Å². The molecule has 1 aliphatic carbocycles. The fourth-order valence-corrected chi connectivity index (χ4v) is 7.72. The van der Waals surface area contributed by atoms with Gasteiger partial charge in [-0.25, -0.2) is 13.3 Å². The molecule has 0 bridgehead atoms. The summed E-state index contributed by atoms with van der Waals surface area (Å²) in [5.74, 6) is -0.396. The highest BCUT2D eigenvalue weighted by atomic mass is 32.2. The Morgan fingerprint density at radius 3 is 2.17 bits per heavy atom. The Balaban J connectivity index is 1.47. The van der Waals surface area contributed by atoms with Gasteiger partial charge in [-0.15, -0.1) is 13.2 Å². The first-order valence-electron chi connectivity index (χ1n) is 14.2. The third kappa shape index (κ3) is 6.71. The number of unbranched alkanes of at least 4 members (excludes halogenated alkanes) is 1. The number of benzene rings is 3. The second-order valence-corrected chi connectivity index (χ2v) is 12.6. The van der Waals surface area contributed by atoms with Gasteiger partial charge in [0, 0.05) is 24.0 Å². The van der Waals surface area contributed by atoms with E-state index in [1.54, 1.807) is 0 Å². The van der Waals surface area contributed by atoms with Crippen molar-refractivity contribution in [3.05, 3.63) is 83.9 Å². The second kappa shape index (κ2) is 12.4. The molecule has 3 aromatic carbocycles. The minimum absolute atomic E-state index is 0.253. The summed E-state index contributed by atoms with van der Waals surface area (Å²) in [6.07, 6.45) is -0.215. The van der Waals surface area contributed by atoms with Gasteiger partial charge in [-0.3, -0.25) is 0 Å². The summed E-state index contributed by atoms with van der Waals surface area (Å²) in [5.41, 5.74) is 4.56. The Morgan fingerprint density at radius 2 is 1.59 bits per heavy atom. The van der Waals surface area contributed by atoms with E-state index in [0.29, 0.717) is 19.4 Å². The molecule has 6 nitrogen and oxygen atoms in total. The predicted octanol–water partition coefficient (Wildman–Crippen LogP) is 6.94. The van der Waals surface area contributed by atoms with E-state index in [1.807, 2.05) is 31.2 Å². The minimum atomic E-state index is -4.82. The average Bonchev–Trinajstić information content (AvgIpc) is 3.11. The first-order chi connectivity index (χ1) is 19.7. The summed E-state index contributed by atoms with van der Waals surface area (Å²) in [6, 6.07) is 20.7. The van der Waals surface area contributed by atoms with E-state index < -0.39 is 34.2 Å². The molecule has 1 fully saturated rings. The summed E-state index contributed by atoms with van der Waals surface area (Å²) < 4.78 is 64.1. The van der Waals surface area contributed by atoms with Crippen molar-refractivity contribution in [2.24, 2.45) is 4.36 Å². The molecule has 10 heteroatoms. The highest BCUT2D eigenvalue weighted by Gasteiger charge is 2.40. The zero-order valence-corrected chi connectivity index (χ0v) is 23.8. The number of anilines is 2. The number of aryl methyl sites for hydroxylation is 2. The van der Waals surface area contributed by atoms with Gasteiger partial charge in [0.15, 0.2) is 0 Å². The fraction of sp³-hybridized carbons (Fsp3) is 0.419. The summed E-state index contributed by atoms with van der Waals surface area (Å²) >= 11 is 0. The summed E-state index contributed by atoms with van der Waals surface area (Å²) in [4.78, 5) is 2.50. The Kier molecular flexibility index (Phi) is 8.91. The smallest absolute Gasteiger partial charge is 0.406 e. The van der Waals surface area contributed by atoms with E-state index in [0.717, 1.165) is 55.6 Å². The topological polar surface area (TPSA) is 74.2 Å². The molecule has 4 atom stereocenters. The number of nitrogens with zero attached hydrogens (tertiary/aromatic N) is 2. The SMILES string of the molecule is CCCCN=S(=O)(NC1CCCC(N2c3ccccc3CCc3ccccc32)C1O)c1ccc(OC(F)(F)F)cc1. The van der Waals surface area contributed by atoms with Gasteiger partial charge in [0.25, 0.3) is 0 Å². The number of aliphatic hydroxyl groups excluding tert-OH is 1. The lowest BCUT2D eigenvalue weighted by atomic mass is 9.86. The number of rotatable bonds is 8. The van der Waals surface area contributed by atoms with Gasteiger partial charge >= 0.3 is 6.36 Å². The van der Waals surface area contributed by atoms with E-state index in [4.69, 9.17) is 0 Å². The number of para-hydroxylation sites is 2. The third-order valence-electron chi connectivity index (χ3n) is 7.79. The third-order valence-corrected chi connectivity index (χ3v) is 9.87. The van der Waals surface area contributed by atoms with Crippen LogP contribution in [0.25, 0.3) is 0 Å². The Hall–Kier alpha value is -3.08. The van der Waals surface area contributed by atoms with Gasteiger partial charge < -0.3 is 14.7 Å². The molecule has 1 heterocycles. The van der Waals surface area contributed by atoms with Crippen molar-refractivity contribution < 1.29 is 27.2 Å². The van der Waals surface area contributed by atoms with Crippen LogP contribution in [0.1, 0.15) is 50.2 Å². The monoisotopic (exact) mass is 587 g/mol. The molecule has 1 saturated carbocycles. The molecule has 0 aromatic heterocycles. The van der Waals surface area contributed by atoms with Crippen LogP contribution >= 0.6 is 0 Å². The van der Waals surface area contributed by atoms with Gasteiger partial charge in [-0.2, -0.15) is 0 Å². The lowest BCUT2D eigenvalue weighted by Crippen LogP contribution is -2.55. The van der Waals surface area contributed by atoms with E-state index >= 15 is 0 Å². The molecule has 1 aliphatic heterocycles. The van der Waals surface area contributed by atoms with Crippen molar-refractivity contribution in [1.82, 2.24) is 4.72 Å². The predicted molar refractivity (Wildman–Crippen MR) is 155 cm³/mol. The van der Waals surface area contributed by atoms with Crippen molar-refractivity contribution in [1.29, 1.82) is 0 Å². The minimum Gasteiger partial charge on any atom is -0.406 e. The quantitative estimate of drug-likeness (QED) is 0.280. The fourth-order valence-electron chi connectivity index (χ4n) is 5.80. The lowest BCUT2D eigenvalue weighted by Gasteiger charge is -2.43. The van der Waals surface area contributed by atoms with Crippen LogP contribution in [0, 0.1) is 0 Å². The van der Waals surface area contributed by atoms with Crippen LogP contribution in [-0.2, 0) is 22.8 Å². The molecular weight excluding hydrogens is 551 g/mol. The number of ether oxygens (including phenoxy) is 1. The number of hydrogen-bond acceptors (Lipinski definition) is 5. The van der Waals surface area contributed by atoms with E-state index in [-0.39, 0.29) is 10.9 Å². The first-order valence-corrected chi connectivity index (χ1v) is 15.7. The highest BCUT2D eigenvalue weighted by Crippen LogP contribution is 2.41. The van der Waals surface area contributed by atoms with Gasteiger partial charge in [0.2, 0.25) is 0 Å². The lowest BCUT2D eigenvalue weighted by molar-refractivity contribution is -0.274. The molecule has 41 heavy (non-hydrogen) atoms.